The molecule has 6 nitrogen and oxygen atoms in total. The van der Waals surface area contributed by atoms with Gasteiger partial charge in [-0.05, 0) is 52.1 Å². The van der Waals surface area contributed by atoms with Gasteiger partial charge in [0, 0.05) is 30.8 Å². The molecule has 1 aromatic rings. The first-order valence-corrected chi connectivity index (χ1v) is 10.1. The Hall–Kier alpha value is -1.95. The summed E-state index contributed by atoms with van der Waals surface area (Å²) in [6.45, 7) is 7.85. The number of hydrogen-bond donors (Lipinski definition) is 0. The predicted octanol–water partition coefficient (Wildman–Crippen LogP) is 2.83. The highest BCUT2D eigenvalue weighted by atomic mass is 16.6. The monoisotopic (exact) mass is 374 g/mol. The van der Waals surface area contributed by atoms with E-state index < -0.39 is 0 Å². The topological polar surface area (TPSA) is 51.2 Å². The van der Waals surface area contributed by atoms with Crippen molar-refractivity contribution in [2.45, 2.75) is 57.7 Å². The van der Waals surface area contributed by atoms with Gasteiger partial charge in [0.25, 0.3) is 0 Å². The molecule has 1 amide bonds. The van der Waals surface area contributed by atoms with Crippen LogP contribution in [0.1, 0.15) is 45.1 Å². The van der Waals surface area contributed by atoms with Crippen molar-refractivity contribution in [3.63, 3.8) is 0 Å². The van der Waals surface area contributed by atoms with Crippen LogP contribution in [0.15, 0.2) is 12.1 Å². The Kier molecular flexibility index (Phi) is 4.93. The molecule has 148 valence electrons. The minimum atomic E-state index is -0.360. The summed E-state index contributed by atoms with van der Waals surface area (Å²) in [7, 11) is 1.68. The lowest BCUT2D eigenvalue weighted by Crippen LogP contribution is -2.61. The van der Waals surface area contributed by atoms with Crippen LogP contribution in [-0.2, 0) is 11.3 Å². The van der Waals surface area contributed by atoms with Gasteiger partial charge in [-0.2, -0.15) is 0 Å². The average molecular weight is 374 g/mol. The molecule has 3 aliphatic heterocycles. The third kappa shape index (κ3) is 3.14. The molecule has 1 unspecified atom stereocenters. The van der Waals surface area contributed by atoms with Crippen LogP contribution in [0, 0.1) is 0 Å². The zero-order valence-corrected chi connectivity index (χ0v) is 16.6. The number of nitrogens with zero attached hydrogens (tertiary/aromatic N) is 2. The van der Waals surface area contributed by atoms with Crippen molar-refractivity contribution in [1.29, 1.82) is 0 Å². The molecule has 1 aromatic carbocycles. The standard InChI is InChI=1S/C21H30N2O4/c1-15(2)23-9-5-7-21(20(23)24)6-4-8-22(21)14-16-12-18-19(13-17(16)25-3)27-11-10-26-18/h12-13,15H,4-11,14H2,1-3H3. The number of methoxy groups -OCH3 is 1. The highest BCUT2D eigenvalue weighted by Crippen LogP contribution is 2.42. The van der Waals surface area contributed by atoms with E-state index in [9.17, 15) is 4.79 Å². The Morgan fingerprint density at radius 2 is 1.78 bits per heavy atom. The van der Waals surface area contributed by atoms with Crippen molar-refractivity contribution in [2.24, 2.45) is 0 Å². The van der Waals surface area contributed by atoms with Crippen molar-refractivity contribution in [1.82, 2.24) is 9.80 Å². The van der Waals surface area contributed by atoms with Crippen molar-refractivity contribution in [3.05, 3.63) is 17.7 Å². The molecular weight excluding hydrogens is 344 g/mol. The maximum atomic E-state index is 13.4. The van der Waals surface area contributed by atoms with Gasteiger partial charge in [0.05, 0.1) is 7.11 Å². The zero-order chi connectivity index (χ0) is 19.0. The number of carbonyl (C=O) groups is 1. The fourth-order valence-corrected chi connectivity index (χ4v) is 4.83. The smallest absolute Gasteiger partial charge is 0.243 e. The molecular formula is C21H30N2O4. The summed E-state index contributed by atoms with van der Waals surface area (Å²) in [6.07, 6.45) is 4.02. The van der Waals surface area contributed by atoms with E-state index in [2.05, 4.69) is 23.6 Å². The second-order valence-electron chi connectivity index (χ2n) is 8.06. The third-order valence-corrected chi connectivity index (χ3v) is 6.20. The Morgan fingerprint density at radius 3 is 2.44 bits per heavy atom. The van der Waals surface area contributed by atoms with Crippen molar-refractivity contribution < 1.29 is 19.0 Å². The summed E-state index contributed by atoms with van der Waals surface area (Å²) in [5.41, 5.74) is 0.693. The number of piperidine rings is 1. The second-order valence-corrected chi connectivity index (χ2v) is 8.06. The van der Waals surface area contributed by atoms with Crippen molar-refractivity contribution >= 4 is 5.91 Å². The molecule has 0 radical (unpaired) electrons. The van der Waals surface area contributed by atoms with Gasteiger partial charge in [0.15, 0.2) is 11.5 Å². The molecule has 0 aliphatic carbocycles. The molecule has 2 saturated heterocycles. The molecule has 1 atom stereocenters. The summed E-state index contributed by atoms with van der Waals surface area (Å²) < 4.78 is 17.1. The predicted molar refractivity (Wildman–Crippen MR) is 102 cm³/mol. The number of amides is 1. The molecule has 6 heteroatoms. The molecule has 1 spiro atoms. The molecule has 3 aliphatic rings. The van der Waals surface area contributed by atoms with Gasteiger partial charge < -0.3 is 19.1 Å². The summed E-state index contributed by atoms with van der Waals surface area (Å²) >= 11 is 0. The first-order valence-electron chi connectivity index (χ1n) is 10.1. The molecule has 0 N–H and O–H groups in total. The zero-order valence-electron chi connectivity index (χ0n) is 16.6. The van der Waals surface area contributed by atoms with Crippen LogP contribution in [0.4, 0.5) is 0 Å². The average Bonchev–Trinajstić information content (AvgIpc) is 3.06. The molecule has 2 fully saturated rings. The van der Waals surface area contributed by atoms with Gasteiger partial charge in [-0.3, -0.25) is 9.69 Å². The number of benzene rings is 1. The largest absolute Gasteiger partial charge is 0.496 e. The first-order chi connectivity index (χ1) is 13.0. The number of hydrogen-bond acceptors (Lipinski definition) is 5. The van der Waals surface area contributed by atoms with E-state index in [-0.39, 0.29) is 11.6 Å². The molecule has 0 aromatic heterocycles. The normalized spacial score (nSPS) is 25.5. The minimum Gasteiger partial charge on any atom is -0.496 e. The number of likely N-dealkylation sites (tertiary alicyclic amines) is 2. The molecule has 27 heavy (non-hydrogen) atoms. The molecule has 4 rings (SSSR count). The highest BCUT2D eigenvalue weighted by molar-refractivity contribution is 5.87. The van der Waals surface area contributed by atoms with E-state index in [0.29, 0.717) is 25.7 Å². The van der Waals surface area contributed by atoms with E-state index in [4.69, 9.17) is 14.2 Å². The van der Waals surface area contributed by atoms with E-state index in [1.54, 1.807) is 7.11 Å². The Labute approximate surface area is 161 Å². The van der Waals surface area contributed by atoms with Crippen LogP contribution in [0.25, 0.3) is 0 Å². The van der Waals surface area contributed by atoms with Crippen LogP contribution in [0.5, 0.6) is 17.2 Å². The van der Waals surface area contributed by atoms with Crippen molar-refractivity contribution in [2.75, 3.05) is 33.4 Å². The number of ether oxygens (including phenoxy) is 3. The van der Waals surface area contributed by atoms with Crippen LogP contribution in [0.2, 0.25) is 0 Å². The van der Waals surface area contributed by atoms with Gasteiger partial charge in [-0.25, -0.2) is 0 Å². The Bertz CT molecular complexity index is 720. The first kappa shape index (κ1) is 18.4. The van der Waals surface area contributed by atoms with E-state index in [0.717, 1.165) is 61.6 Å². The van der Waals surface area contributed by atoms with Crippen LogP contribution >= 0.6 is 0 Å². The Morgan fingerprint density at radius 1 is 1.11 bits per heavy atom. The maximum Gasteiger partial charge on any atom is 0.243 e. The quantitative estimate of drug-likeness (QED) is 0.811. The fourth-order valence-electron chi connectivity index (χ4n) is 4.83. The number of fused-ring (bicyclic) bond motifs is 1. The van der Waals surface area contributed by atoms with Crippen LogP contribution in [-0.4, -0.2) is 60.7 Å². The number of rotatable bonds is 4. The lowest BCUT2D eigenvalue weighted by atomic mass is 9.84. The second kappa shape index (κ2) is 7.23. The van der Waals surface area contributed by atoms with Gasteiger partial charge in [-0.15, -0.1) is 0 Å². The lowest BCUT2D eigenvalue weighted by Gasteiger charge is -2.46. The van der Waals surface area contributed by atoms with Crippen LogP contribution < -0.4 is 14.2 Å². The van der Waals surface area contributed by atoms with Gasteiger partial charge in [-0.1, -0.05) is 0 Å². The fraction of sp³-hybridized carbons (Fsp3) is 0.667. The molecule has 3 heterocycles. The van der Waals surface area contributed by atoms with Gasteiger partial charge >= 0.3 is 0 Å². The number of carbonyl (C=O) groups excluding carboxylic acids is 1. The van der Waals surface area contributed by atoms with Gasteiger partial charge in [0.1, 0.15) is 24.5 Å². The van der Waals surface area contributed by atoms with Crippen LogP contribution in [0.3, 0.4) is 0 Å². The molecule has 0 saturated carbocycles. The Balaban J connectivity index is 1.63. The summed E-state index contributed by atoms with van der Waals surface area (Å²) in [5.74, 6) is 2.60. The third-order valence-electron chi connectivity index (χ3n) is 6.20. The van der Waals surface area contributed by atoms with Gasteiger partial charge in [0.2, 0.25) is 5.91 Å². The van der Waals surface area contributed by atoms with E-state index in [1.165, 1.54) is 0 Å². The minimum absolute atomic E-state index is 0.251. The maximum absolute atomic E-state index is 13.4. The van der Waals surface area contributed by atoms with Crippen molar-refractivity contribution in [3.8, 4) is 17.2 Å². The summed E-state index contributed by atoms with van der Waals surface area (Å²) in [5, 5.41) is 0. The summed E-state index contributed by atoms with van der Waals surface area (Å²) in [6, 6.07) is 4.18. The van der Waals surface area contributed by atoms with E-state index >= 15 is 0 Å². The van der Waals surface area contributed by atoms with E-state index in [1.807, 2.05) is 12.1 Å². The highest BCUT2D eigenvalue weighted by Gasteiger charge is 2.51. The summed E-state index contributed by atoms with van der Waals surface area (Å²) in [4.78, 5) is 17.8. The lowest BCUT2D eigenvalue weighted by molar-refractivity contribution is -0.149. The SMILES string of the molecule is COc1cc2c(cc1CN1CCCC13CCCN(C(C)C)C3=O)OCCO2. The molecule has 0 bridgehead atoms.